The van der Waals surface area contributed by atoms with E-state index in [9.17, 15) is 9.59 Å². The Morgan fingerprint density at radius 2 is 1.74 bits per heavy atom. The summed E-state index contributed by atoms with van der Waals surface area (Å²) in [6, 6.07) is -0.0984. The number of nitrogens with zero attached hydrogens (tertiary/aromatic N) is 1. The summed E-state index contributed by atoms with van der Waals surface area (Å²) in [5, 5.41) is 0. The minimum Gasteiger partial charge on any atom is -0.326 e. The molecule has 2 amide bonds. The summed E-state index contributed by atoms with van der Waals surface area (Å²) in [6.07, 6.45) is 3.82. The lowest BCUT2D eigenvalue weighted by atomic mass is 9.99. The Morgan fingerprint density at radius 3 is 2.16 bits per heavy atom. The highest BCUT2D eigenvalue weighted by Crippen LogP contribution is 2.44. The third kappa shape index (κ3) is 2.55. The van der Waals surface area contributed by atoms with Crippen molar-refractivity contribution in [2.75, 3.05) is 6.54 Å². The molecule has 0 spiro atoms. The van der Waals surface area contributed by atoms with E-state index in [0.29, 0.717) is 18.4 Å². The van der Waals surface area contributed by atoms with Crippen LogP contribution in [-0.4, -0.2) is 29.3 Å². The summed E-state index contributed by atoms with van der Waals surface area (Å²) >= 11 is 0. The van der Waals surface area contributed by atoms with E-state index >= 15 is 0 Å². The van der Waals surface area contributed by atoms with Gasteiger partial charge in [0, 0.05) is 12.6 Å². The molecule has 4 atom stereocenters. The maximum Gasteiger partial charge on any atom is 0.233 e. The van der Waals surface area contributed by atoms with Gasteiger partial charge >= 0.3 is 0 Å². The molecule has 2 fully saturated rings. The van der Waals surface area contributed by atoms with Crippen LogP contribution in [-0.2, 0) is 9.59 Å². The van der Waals surface area contributed by atoms with Gasteiger partial charge in [-0.1, -0.05) is 33.6 Å². The van der Waals surface area contributed by atoms with Crippen molar-refractivity contribution in [1.29, 1.82) is 0 Å². The molecule has 108 valence electrons. The molecule has 4 heteroatoms. The molecule has 2 N–H and O–H groups in total. The zero-order valence-corrected chi connectivity index (χ0v) is 12.3. The van der Waals surface area contributed by atoms with Crippen molar-refractivity contribution in [1.82, 2.24) is 4.90 Å². The molecule has 1 aliphatic heterocycles. The van der Waals surface area contributed by atoms with Gasteiger partial charge in [-0.3, -0.25) is 14.5 Å². The van der Waals surface area contributed by atoms with Crippen LogP contribution in [0.3, 0.4) is 0 Å². The molecule has 2 aliphatic rings. The minimum absolute atomic E-state index is 0.0321. The Hall–Kier alpha value is -0.900. The molecule has 0 aromatic rings. The number of hydrogen-bond donors (Lipinski definition) is 1. The molecule has 1 heterocycles. The molecule has 4 nitrogen and oxygen atoms in total. The zero-order chi connectivity index (χ0) is 14.2. The molecule has 0 aromatic heterocycles. The van der Waals surface area contributed by atoms with E-state index in [1.807, 2.05) is 0 Å². The quantitative estimate of drug-likeness (QED) is 0.771. The fourth-order valence-electron chi connectivity index (χ4n) is 3.40. The van der Waals surface area contributed by atoms with Gasteiger partial charge in [-0.25, -0.2) is 0 Å². The maximum absolute atomic E-state index is 12.4. The van der Waals surface area contributed by atoms with Gasteiger partial charge in [-0.05, 0) is 24.7 Å². The number of carbonyl (C=O) groups excluding carboxylic acids is 2. The van der Waals surface area contributed by atoms with E-state index in [1.54, 1.807) is 0 Å². The summed E-state index contributed by atoms with van der Waals surface area (Å²) in [6.45, 7) is 6.69. The van der Waals surface area contributed by atoms with Crippen molar-refractivity contribution in [2.24, 2.45) is 29.4 Å². The Bertz CT molecular complexity index is 345. The lowest BCUT2D eigenvalue weighted by molar-refractivity contribution is -0.141. The van der Waals surface area contributed by atoms with Crippen LogP contribution in [0.25, 0.3) is 0 Å². The van der Waals surface area contributed by atoms with Crippen molar-refractivity contribution in [3.8, 4) is 0 Å². The van der Waals surface area contributed by atoms with Crippen LogP contribution in [0.4, 0.5) is 0 Å². The highest BCUT2D eigenvalue weighted by molar-refractivity contribution is 6.05. The number of carbonyl (C=O) groups is 2. The van der Waals surface area contributed by atoms with Crippen LogP contribution in [0.1, 0.15) is 46.5 Å². The first-order valence-electron chi connectivity index (χ1n) is 7.60. The second kappa shape index (κ2) is 5.61. The monoisotopic (exact) mass is 266 g/mol. The lowest BCUT2D eigenvalue weighted by Crippen LogP contribution is -2.44. The normalized spacial score (nSPS) is 33.7. The van der Waals surface area contributed by atoms with E-state index in [1.165, 1.54) is 4.90 Å². The molecule has 1 saturated carbocycles. The predicted molar refractivity (Wildman–Crippen MR) is 74.1 cm³/mol. The fraction of sp³-hybridized carbons (Fsp3) is 0.867. The van der Waals surface area contributed by atoms with Crippen LogP contribution < -0.4 is 5.73 Å². The molecule has 0 aromatic carbocycles. The Kier molecular flexibility index (Phi) is 4.29. The molecule has 1 saturated heterocycles. The SMILES string of the molecule is CCC1CC2C(=O)N(CC(N)C(C)CC)C(=O)C2C1. The highest BCUT2D eigenvalue weighted by atomic mass is 16.2. The summed E-state index contributed by atoms with van der Waals surface area (Å²) < 4.78 is 0. The first-order chi connectivity index (χ1) is 8.99. The van der Waals surface area contributed by atoms with Crippen molar-refractivity contribution in [3.63, 3.8) is 0 Å². The van der Waals surface area contributed by atoms with Crippen molar-refractivity contribution in [3.05, 3.63) is 0 Å². The van der Waals surface area contributed by atoms with Crippen LogP contribution in [0.5, 0.6) is 0 Å². The predicted octanol–water partition coefficient (Wildman–Crippen LogP) is 1.78. The minimum atomic E-state index is -0.0984. The molecule has 19 heavy (non-hydrogen) atoms. The average molecular weight is 266 g/mol. The van der Waals surface area contributed by atoms with Gasteiger partial charge in [0.1, 0.15) is 0 Å². The lowest BCUT2D eigenvalue weighted by Gasteiger charge is -2.24. The van der Waals surface area contributed by atoms with E-state index in [4.69, 9.17) is 5.73 Å². The number of fused-ring (bicyclic) bond motifs is 1. The number of imide groups is 1. The summed E-state index contributed by atoms with van der Waals surface area (Å²) in [7, 11) is 0. The second-order valence-corrected chi connectivity index (χ2v) is 6.30. The average Bonchev–Trinajstić information content (AvgIpc) is 2.93. The zero-order valence-electron chi connectivity index (χ0n) is 12.3. The molecule has 0 bridgehead atoms. The van der Waals surface area contributed by atoms with Gasteiger partial charge in [-0.2, -0.15) is 0 Å². The number of hydrogen-bond acceptors (Lipinski definition) is 3. The van der Waals surface area contributed by atoms with E-state index in [0.717, 1.165) is 25.7 Å². The standard InChI is InChI=1S/C15H26N2O2/c1-4-9(3)13(16)8-17-14(18)11-6-10(5-2)7-12(11)15(17)19/h9-13H,4-8,16H2,1-3H3. The van der Waals surface area contributed by atoms with Crippen LogP contribution in [0.2, 0.25) is 0 Å². The third-order valence-corrected chi connectivity index (χ3v) is 5.17. The van der Waals surface area contributed by atoms with Gasteiger partial charge < -0.3 is 5.73 Å². The Morgan fingerprint density at radius 1 is 1.21 bits per heavy atom. The second-order valence-electron chi connectivity index (χ2n) is 6.30. The summed E-state index contributed by atoms with van der Waals surface area (Å²) in [4.78, 5) is 26.2. The van der Waals surface area contributed by atoms with Gasteiger partial charge in [0.2, 0.25) is 11.8 Å². The molecular weight excluding hydrogens is 240 g/mol. The molecule has 0 radical (unpaired) electrons. The number of amides is 2. The van der Waals surface area contributed by atoms with Gasteiger partial charge in [-0.15, -0.1) is 0 Å². The van der Waals surface area contributed by atoms with E-state index < -0.39 is 0 Å². The first-order valence-corrected chi connectivity index (χ1v) is 7.60. The van der Waals surface area contributed by atoms with E-state index in [2.05, 4.69) is 20.8 Å². The number of rotatable bonds is 5. The largest absolute Gasteiger partial charge is 0.326 e. The maximum atomic E-state index is 12.4. The Balaban J connectivity index is 2.02. The van der Waals surface area contributed by atoms with Gasteiger partial charge in [0.05, 0.1) is 11.8 Å². The first kappa shape index (κ1) is 14.5. The topological polar surface area (TPSA) is 63.4 Å². The number of nitrogens with two attached hydrogens (primary N) is 1. The Labute approximate surface area is 115 Å². The van der Waals surface area contributed by atoms with E-state index in [-0.39, 0.29) is 29.7 Å². The molecule has 1 aliphatic carbocycles. The number of likely N-dealkylation sites (tertiary alicyclic amines) is 1. The van der Waals surface area contributed by atoms with Crippen LogP contribution >= 0.6 is 0 Å². The molecule has 2 rings (SSSR count). The van der Waals surface area contributed by atoms with Crippen molar-refractivity contribution >= 4 is 11.8 Å². The van der Waals surface area contributed by atoms with Gasteiger partial charge in [0.25, 0.3) is 0 Å². The third-order valence-electron chi connectivity index (χ3n) is 5.17. The summed E-state index contributed by atoms with van der Waals surface area (Å²) in [5.74, 6) is 0.843. The smallest absolute Gasteiger partial charge is 0.233 e. The molecular formula is C15H26N2O2. The van der Waals surface area contributed by atoms with Crippen LogP contribution in [0.15, 0.2) is 0 Å². The van der Waals surface area contributed by atoms with Crippen LogP contribution in [0, 0.1) is 23.7 Å². The fourth-order valence-corrected chi connectivity index (χ4v) is 3.40. The summed E-state index contributed by atoms with van der Waals surface area (Å²) in [5.41, 5.74) is 6.09. The highest BCUT2D eigenvalue weighted by Gasteiger charge is 2.52. The molecule has 4 unspecified atom stereocenters. The van der Waals surface area contributed by atoms with Crippen molar-refractivity contribution in [2.45, 2.75) is 52.5 Å². The van der Waals surface area contributed by atoms with Gasteiger partial charge in [0.15, 0.2) is 0 Å². The van der Waals surface area contributed by atoms with Crippen molar-refractivity contribution < 1.29 is 9.59 Å².